The minimum atomic E-state index is -6.09. The van der Waals surface area contributed by atoms with Crippen LogP contribution in [-0.4, -0.2) is 57.9 Å². The van der Waals surface area contributed by atoms with Crippen LogP contribution in [0.15, 0.2) is 24.3 Å². The number of nitrogens with zero attached hydrogens (tertiary/aromatic N) is 1. The van der Waals surface area contributed by atoms with Crippen LogP contribution in [-0.2, 0) is 24.2 Å². The molecule has 0 aromatic heterocycles. The largest absolute Gasteiger partial charge is 0.741 e. The van der Waals surface area contributed by atoms with Gasteiger partial charge in [-0.2, -0.15) is 18.0 Å². The third-order valence-corrected chi connectivity index (χ3v) is 10.1. The van der Waals surface area contributed by atoms with Crippen LogP contribution in [0.2, 0.25) is 18.1 Å². The highest BCUT2D eigenvalue weighted by Gasteiger charge is 2.47. The van der Waals surface area contributed by atoms with E-state index in [0.29, 0.717) is 6.61 Å². The van der Waals surface area contributed by atoms with Crippen LogP contribution in [0.3, 0.4) is 0 Å². The van der Waals surface area contributed by atoms with E-state index in [1.54, 1.807) is 12.0 Å². The molecule has 2 rings (SSSR count). The monoisotopic (exact) mass is 515 g/mol. The summed E-state index contributed by atoms with van der Waals surface area (Å²) in [6.07, 6.45) is 2.46. The van der Waals surface area contributed by atoms with Crippen LogP contribution in [0.4, 0.5) is 13.2 Å². The van der Waals surface area contributed by atoms with E-state index < -0.39 is 23.9 Å². The molecule has 0 amide bonds. The zero-order valence-electron chi connectivity index (χ0n) is 19.8. The fourth-order valence-corrected chi connectivity index (χ4v) is 3.21. The summed E-state index contributed by atoms with van der Waals surface area (Å²) < 4.78 is 76.2. The zero-order chi connectivity index (χ0) is 25.7. The van der Waals surface area contributed by atoms with E-state index in [-0.39, 0.29) is 17.2 Å². The normalized spacial score (nSPS) is 19.5. The van der Waals surface area contributed by atoms with Gasteiger partial charge in [0.2, 0.25) is 0 Å². The molecule has 13 heteroatoms. The second-order valence-corrected chi connectivity index (χ2v) is 14.9. The van der Waals surface area contributed by atoms with E-state index in [0.717, 1.165) is 12.2 Å². The summed E-state index contributed by atoms with van der Waals surface area (Å²) in [6, 6.07) is 8.12. The van der Waals surface area contributed by atoms with E-state index in [1.165, 1.54) is 5.56 Å². The molecule has 0 fully saturated rings. The van der Waals surface area contributed by atoms with Crippen molar-refractivity contribution in [2.24, 2.45) is 0 Å². The Morgan fingerprint density at radius 3 is 2.09 bits per heavy atom. The summed E-state index contributed by atoms with van der Waals surface area (Å²) in [6.45, 7) is 13.6. The van der Waals surface area contributed by atoms with Gasteiger partial charge in [0.05, 0.1) is 13.0 Å². The maximum atomic E-state index is 10.7. The highest BCUT2D eigenvalue weighted by Crippen LogP contribution is 2.37. The fraction of sp³-hybridized carbons (Fsp3) is 0.650. The molecule has 1 heterocycles. The average molecular weight is 516 g/mol. The second kappa shape index (κ2) is 11.1. The highest BCUT2D eigenvalue weighted by atomic mass is 32.2. The van der Waals surface area contributed by atoms with Crippen LogP contribution in [0, 0.1) is 0 Å². The Hall–Kier alpha value is -1.83. The van der Waals surface area contributed by atoms with Crippen molar-refractivity contribution < 1.29 is 49.9 Å². The van der Waals surface area contributed by atoms with Crippen molar-refractivity contribution >= 4 is 24.7 Å². The molecule has 1 aliphatic heterocycles. The first kappa shape index (κ1) is 29.2. The molecule has 0 saturated carbocycles. The highest BCUT2D eigenvalue weighted by molar-refractivity contribution is 7.86. The van der Waals surface area contributed by atoms with Gasteiger partial charge in [0.25, 0.3) is 12.5 Å². The van der Waals surface area contributed by atoms with Crippen molar-refractivity contribution in [1.29, 1.82) is 0 Å². The van der Waals surface area contributed by atoms with Gasteiger partial charge >= 0.3 is 13.8 Å². The van der Waals surface area contributed by atoms with Crippen molar-refractivity contribution in [3.05, 3.63) is 29.8 Å². The molecule has 0 spiro atoms. The average Bonchev–Trinajstić information content (AvgIpc) is 2.66. The number of hydrogen-bond donors (Lipinski definition) is 0. The number of ether oxygens (including phenoxy) is 2. The molecule has 2 atom stereocenters. The summed E-state index contributed by atoms with van der Waals surface area (Å²) >= 11 is 0. The van der Waals surface area contributed by atoms with Gasteiger partial charge in [0.15, 0.2) is 15.0 Å². The molecule has 190 valence electrons. The summed E-state index contributed by atoms with van der Waals surface area (Å²) in [7, 11) is -6.41. The van der Waals surface area contributed by atoms with Gasteiger partial charge in [0.1, 0.15) is 5.75 Å². The third kappa shape index (κ3) is 8.79. The van der Waals surface area contributed by atoms with Crippen LogP contribution in [0.5, 0.6) is 5.75 Å². The van der Waals surface area contributed by atoms with E-state index >= 15 is 0 Å². The number of methoxy groups -OCH3 is 1. The molecule has 1 aliphatic rings. The lowest BCUT2D eigenvalue weighted by molar-refractivity contribution is -0.959. The summed E-state index contributed by atoms with van der Waals surface area (Å²) in [4.78, 5) is 7.45. The first-order valence-corrected chi connectivity index (χ1v) is 14.5. The molecule has 1 aromatic carbocycles. The molecule has 33 heavy (non-hydrogen) atoms. The summed E-state index contributed by atoms with van der Waals surface area (Å²) in [5, 5.41) is 0.0956. The number of hydrogen-bond acceptors (Lipinski definition) is 7. The molecule has 0 N–H and O–H groups in total. The van der Waals surface area contributed by atoms with Gasteiger partial charge in [-0.1, -0.05) is 32.9 Å². The molecule has 0 bridgehead atoms. The minimum Gasteiger partial charge on any atom is -0.741 e. The Morgan fingerprint density at radius 1 is 1.18 bits per heavy atom. The van der Waals surface area contributed by atoms with Crippen molar-refractivity contribution in [3.8, 4) is 5.75 Å². The van der Waals surface area contributed by atoms with E-state index in [1.807, 2.05) is 25.3 Å². The standard InChI is InChI=1S/C19H32NO4Si.CHF3O3S/c1-8-22-18-13-16(15-9-11-17(21-5)12-10-15)14-20(23-18)24-25(6,7)19(2,3)4;2-1(3,4)8(5,6)7/h9-12,14,16,18H,8,13H2,1-7H3;(H,5,6,7)/q+1;/p-1/t16-,18+;/m1./s1. The predicted octanol–water partition coefficient (Wildman–Crippen LogP) is 4.55. The van der Waals surface area contributed by atoms with Crippen LogP contribution in [0.25, 0.3) is 0 Å². The lowest BCUT2D eigenvalue weighted by Crippen LogP contribution is -2.46. The van der Waals surface area contributed by atoms with Crippen LogP contribution >= 0.6 is 0 Å². The molecule has 0 radical (unpaired) electrons. The Kier molecular flexibility index (Phi) is 9.79. The first-order valence-electron chi connectivity index (χ1n) is 10.2. The van der Waals surface area contributed by atoms with Gasteiger partial charge in [-0.25, -0.2) is 8.42 Å². The minimum absolute atomic E-state index is 0.0956. The molecular weight excluding hydrogens is 483 g/mol. The number of alkyl halides is 3. The van der Waals surface area contributed by atoms with E-state index in [2.05, 4.69) is 46.0 Å². The Bertz CT molecular complexity index is 898. The maximum absolute atomic E-state index is 10.7. The van der Waals surface area contributed by atoms with Crippen LogP contribution < -0.4 is 4.74 Å². The molecular formula is C20H32F3NO7SSi. The fourth-order valence-electron chi connectivity index (χ4n) is 2.38. The number of halogens is 3. The lowest BCUT2D eigenvalue weighted by Gasteiger charge is -2.32. The van der Waals surface area contributed by atoms with Crippen molar-refractivity contribution in [2.75, 3.05) is 13.7 Å². The Morgan fingerprint density at radius 2 is 1.70 bits per heavy atom. The van der Waals surface area contributed by atoms with Crippen LogP contribution in [0.1, 0.15) is 45.6 Å². The maximum Gasteiger partial charge on any atom is 0.485 e. The van der Waals surface area contributed by atoms with E-state index in [9.17, 15) is 13.2 Å². The van der Waals surface area contributed by atoms with Gasteiger partial charge in [-0.15, -0.1) is 0 Å². The zero-order valence-corrected chi connectivity index (χ0v) is 21.6. The predicted molar refractivity (Wildman–Crippen MR) is 117 cm³/mol. The molecule has 0 saturated heterocycles. The van der Waals surface area contributed by atoms with Gasteiger partial charge in [0, 0.05) is 13.0 Å². The number of benzene rings is 1. The lowest BCUT2D eigenvalue weighted by atomic mass is 9.96. The molecule has 0 unspecified atom stereocenters. The second-order valence-electron chi connectivity index (χ2n) is 8.79. The SMILES string of the molecule is CCO[C@@H]1C[C@@H](c2ccc(OC)cc2)C=[N+](O[Si](C)(C)C(C)(C)C)O1.O=S(=O)([O-])C(F)(F)F. The number of rotatable bonds is 6. The summed E-state index contributed by atoms with van der Waals surface area (Å²) in [5.74, 6) is 1.02. The summed E-state index contributed by atoms with van der Waals surface area (Å²) in [5.41, 5.74) is -4.45. The van der Waals surface area contributed by atoms with Gasteiger partial charge < -0.3 is 18.6 Å². The molecule has 0 aliphatic carbocycles. The topological polar surface area (TPSA) is 97.1 Å². The van der Waals surface area contributed by atoms with Crippen molar-refractivity contribution in [2.45, 2.75) is 70.0 Å². The smallest absolute Gasteiger partial charge is 0.485 e. The molecule has 1 aromatic rings. The van der Waals surface area contributed by atoms with Gasteiger partial charge in [-0.3, -0.25) is 0 Å². The quantitative estimate of drug-likeness (QED) is 0.312. The Balaban J connectivity index is 0.000000582. The first-order chi connectivity index (χ1) is 14.9. The molecule has 8 nitrogen and oxygen atoms in total. The van der Waals surface area contributed by atoms with Crippen molar-refractivity contribution in [3.63, 3.8) is 0 Å². The Labute approximate surface area is 194 Å². The van der Waals surface area contributed by atoms with E-state index in [4.69, 9.17) is 31.8 Å². The van der Waals surface area contributed by atoms with Gasteiger partial charge in [-0.05, 0) is 42.8 Å². The van der Waals surface area contributed by atoms with Crippen molar-refractivity contribution in [1.82, 2.24) is 0 Å². The third-order valence-electron chi connectivity index (χ3n) is 5.27.